The normalized spacial score (nSPS) is 12.9. The second-order valence-electron chi connectivity index (χ2n) is 10.7. The number of benzene rings is 1. The van der Waals surface area contributed by atoms with Gasteiger partial charge in [0.25, 0.3) is 0 Å². The number of amides is 1. The first-order chi connectivity index (χ1) is 16.8. The summed E-state index contributed by atoms with van der Waals surface area (Å²) < 4.78 is 28.2. The molecule has 0 saturated heterocycles. The summed E-state index contributed by atoms with van der Waals surface area (Å²) in [4.78, 5) is 19.9. The van der Waals surface area contributed by atoms with Crippen molar-refractivity contribution < 1.29 is 18.7 Å². The lowest BCUT2D eigenvalue weighted by Gasteiger charge is -2.31. The van der Waals surface area contributed by atoms with Crippen LogP contribution in [0.1, 0.15) is 56.6 Å². The smallest absolute Gasteiger partial charge is 0.411 e. The third-order valence-corrected chi connectivity index (χ3v) is 8.43. The van der Waals surface area contributed by atoms with Gasteiger partial charge in [-0.1, -0.05) is 37.3 Å². The number of rotatable bonds is 12. The molecule has 1 heterocycles. The van der Waals surface area contributed by atoms with Crippen molar-refractivity contribution in [3.63, 3.8) is 0 Å². The summed E-state index contributed by atoms with van der Waals surface area (Å²) in [5.74, 6) is 0.706. The van der Waals surface area contributed by atoms with Crippen LogP contribution in [0.2, 0.25) is 30.7 Å². The van der Waals surface area contributed by atoms with Crippen LogP contribution in [-0.2, 0) is 22.0 Å². The lowest BCUT2D eigenvalue weighted by Crippen LogP contribution is -2.43. The van der Waals surface area contributed by atoms with E-state index in [9.17, 15) is 9.18 Å². The maximum Gasteiger partial charge on any atom is 0.411 e. The lowest BCUT2D eigenvalue weighted by atomic mass is 10.1. The van der Waals surface area contributed by atoms with E-state index >= 15 is 0 Å². The summed E-state index contributed by atoms with van der Waals surface area (Å²) in [7, 11) is -1.25. The van der Waals surface area contributed by atoms with Crippen molar-refractivity contribution in [2.24, 2.45) is 0 Å². The largest absolute Gasteiger partial charge is 0.433 e. The summed E-state index contributed by atoms with van der Waals surface area (Å²) in [6, 6.07) is 5.29. The molecule has 1 atom stereocenters. The minimum Gasteiger partial charge on any atom is -0.433 e. The molecule has 0 spiro atoms. The molecular formula is C26H41ClFN3O3SSi. The summed E-state index contributed by atoms with van der Waals surface area (Å²) in [5, 5.41) is -0.0383. The Labute approximate surface area is 225 Å². The molecule has 0 aliphatic carbocycles. The molecule has 10 heteroatoms. The number of imidazole rings is 1. The van der Waals surface area contributed by atoms with Gasteiger partial charge in [0.1, 0.15) is 12.5 Å². The van der Waals surface area contributed by atoms with Crippen molar-refractivity contribution >= 4 is 37.5 Å². The highest BCUT2D eigenvalue weighted by atomic mass is 35.5. The van der Waals surface area contributed by atoms with Gasteiger partial charge in [-0.2, -0.15) is 11.8 Å². The van der Waals surface area contributed by atoms with Crippen molar-refractivity contribution in [2.45, 2.75) is 91.0 Å². The fourth-order valence-corrected chi connectivity index (χ4v) is 5.40. The van der Waals surface area contributed by atoms with E-state index in [1.165, 1.54) is 12.1 Å². The average Bonchev–Trinajstić information content (AvgIpc) is 3.06. The highest BCUT2D eigenvalue weighted by molar-refractivity contribution is 7.97. The Balaban J connectivity index is 2.55. The van der Waals surface area contributed by atoms with Crippen LogP contribution in [0.3, 0.4) is 0 Å². The number of carbonyl (C=O) groups is 1. The van der Waals surface area contributed by atoms with Gasteiger partial charge in [-0.25, -0.2) is 14.2 Å². The molecule has 6 nitrogen and oxygen atoms in total. The van der Waals surface area contributed by atoms with Gasteiger partial charge < -0.3 is 18.9 Å². The maximum atomic E-state index is 14.0. The zero-order chi connectivity index (χ0) is 27.2. The van der Waals surface area contributed by atoms with Crippen molar-refractivity contribution in [2.75, 3.05) is 12.9 Å². The number of thioether (sulfide) groups is 1. The van der Waals surface area contributed by atoms with Gasteiger partial charge in [0.15, 0.2) is 11.9 Å². The molecule has 1 amide bonds. The summed E-state index contributed by atoms with van der Waals surface area (Å²) in [6.07, 6.45) is 0.664. The van der Waals surface area contributed by atoms with Crippen LogP contribution in [0.4, 0.5) is 9.18 Å². The second-order valence-corrected chi connectivity index (χ2v) is 17.6. The first-order valence-electron chi connectivity index (χ1n) is 12.3. The molecule has 36 heavy (non-hydrogen) atoms. The van der Waals surface area contributed by atoms with Gasteiger partial charge in [-0.05, 0) is 59.1 Å². The minimum absolute atomic E-state index is 0.0383. The van der Waals surface area contributed by atoms with E-state index in [1.54, 1.807) is 22.7 Å². The first kappa shape index (κ1) is 30.7. The SMILES string of the molecule is CSCc1nc(C(OC(=O)N(C(C)C)C(C)C)c2ccc(F)c(Cl)c2)n(COCC[Si](C)(C)C)c1C. The molecular weight excluding hydrogens is 517 g/mol. The zero-order valence-corrected chi connectivity index (χ0v) is 25.6. The van der Waals surface area contributed by atoms with Crippen molar-refractivity contribution in [1.82, 2.24) is 14.5 Å². The van der Waals surface area contributed by atoms with Crippen LogP contribution in [0.25, 0.3) is 0 Å². The van der Waals surface area contributed by atoms with E-state index in [-0.39, 0.29) is 23.8 Å². The maximum absolute atomic E-state index is 14.0. The third kappa shape index (κ3) is 8.23. The molecule has 0 aliphatic rings. The second kappa shape index (κ2) is 13.3. The number of hydrogen-bond acceptors (Lipinski definition) is 5. The lowest BCUT2D eigenvalue weighted by molar-refractivity contribution is 0.0455. The monoisotopic (exact) mass is 557 g/mol. The van der Waals surface area contributed by atoms with Crippen molar-refractivity contribution in [3.8, 4) is 0 Å². The highest BCUT2D eigenvalue weighted by Crippen LogP contribution is 2.32. The fraction of sp³-hybridized carbons (Fsp3) is 0.615. The van der Waals surface area contributed by atoms with E-state index in [4.69, 9.17) is 26.1 Å². The van der Waals surface area contributed by atoms with Crippen LogP contribution in [-0.4, -0.2) is 53.6 Å². The highest BCUT2D eigenvalue weighted by Gasteiger charge is 2.31. The molecule has 2 rings (SSSR count). The number of hydrogen-bond donors (Lipinski definition) is 0. The topological polar surface area (TPSA) is 56.6 Å². The Bertz CT molecular complexity index is 1020. The molecule has 1 unspecified atom stereocenters. The number of halogens is 2. The van der Waals surface area contributed by atoms with Gasteiger partial charge in [0.05, 0.1) is 10.7 Å². The van der Waals surface area contributed by atoms with Crippen LogP contribution in [0.5, 0.6) is 0 Å². The van der Waals surface area contributed by atoms with E-state index in [0.29, 0.717) is 23.7 Å². The van der Waals surface area contributed by atoms with Gasteiger partial charge in [0, 0.05) is 43.8 Å². The molecule has 1 aromatic heterocycles. The van der Waals surface area contributed by atoms with Crippen LogP contribution in [0, 0.1) is 12.7 Å². The molecule has 0 N–H and O–H groups in total. The van der Waals surface area contributed by atoms with Gasteiger partial charge in [-0.15, -0.1) is 0 Å². The quantitative estimate of drug-likeness (QED) is 0.200. The van der Waals surface area contributed by atoms with Crippen molar-refractivity contribution in [1.29, 1.82) is 0 Å². The molecule has 0 aliphatic heterocycles. The van der Waals surface area contributed by atoms with Crippen LogP contribution in [0.15, 0.2) is 18.2 Å². The first-order valence-corrected chi connectivity index (χ1v) is 17.8. The van der Waals surface area contributed by atoms with E-state index in [1.807, 2.05) is 45.4 Å². The molecule has 1 aromatic carbocycles. The number of nitrogens with zero attached hydrogens (tertiary/aromatic N) is 3. The molecule has 0 saturated carbocycles. The zero-order valence-electron chi connectivity index (χ0n) is 23.0. The van der Waals surface area contributed by atoms with Gasteiger partial charge >= 0.3 is 6.09 Å². The predicted molar refractivity (Wildman–Crippen MR) is 150 cm³/mol. The van der Waals surface area contributed by atoms with Gasteiger partial charge in [0.2, 0.25) is 0 Å². The van der Waals surface area contributed by atoms with Gasteiger partial charge in [-0.3, -0.25) is 0 Å². The number of aromatic nitrogens is 2. The summed E-state index contributed by atoms with van der Waals surface area (Å²) in [5.41, 5.74) is 2.39. The minimum atomic E-state index is -1.25. The molecule has 0 radical (unpaired) electrons. The Morgan fingerprint density at radius 1 is 1.22 bits per heavy atom. The Hall–Kier alpha value is -1.55. The van der Waals surface area contributed by atoms with Crippen molar-refractivity contribution in [3.05, 3.63) is 51.8 Å². The predicted octanol–water partition coefficient (Wildman–Crippen LogP) is 7.50. The fourth-order valence-electron chi connectivity index (χ4n) is 3.90. The Morgan fingerprint density at radius 3 is 2.39 bits per heavy atom. The molecule has 0 fully saturated rings. The summed E-state index contributed by atoms with van der Waals surface area (Å²) in [6.45, 7) is 17.6. The Kier molecular flexibility index (Phi) is 11.3. The third-order valence-electron chi connectivity index (χ3n) is 5.87. The van der Waals surface area contributed by atoms with Crippen LogP contribution < -0.4 is 0 Å². The molecule has 0 bridgehead atoms. The standard InChI is InChI=1S/C26H41ClFN3O3SSi/c1-17(2)31(18(3)4)26(32)34-24(20-10-11-22(28)21(27)14-20)25-29-23(15-35-6)19(5)30(25)16-33-12-13-36(7,8)9/h10-11,14,17-18,24H,12-13,15-16H2,1-9H3. The number of carbonyl (C=O) groups excluding carboxylic acids is 1. The summed E-state index contributed by atoms with van der Waals surface area (Å²) >= 11 is 7.80. The number of ether oxygens (including phenoxy) is 2. The van der Waals surface area contributed by atoms with E-state index in [0.717, 1.165) is 17.4 Å². The molecule has 202 valence electrons. The molecule has 2 aromatic rings. The van der Waals surface area contributed by atoms with Crippen LogP contribution >= 0.6 is 23.4 Å². The van der Waals surface area contributed by atoms with E-state index < -0.39 is 26.1 Å². The average molecular weight is 558 g/mol. The van der Waals surface area contributed by atoms with E-state index in [2.05, 4.69) is 19.6 Å². The Morgan fingerprint density at radius 2 is 1.86 bits per heavy atom.